The summed E-state index contributed by atoms with van der Waals surface area (Å²) in [6, 6.07) is 9.54. The van der Waals surface area contributed by atoms with Crippen molar-refractivity contribution in [1.29, 1.82) is 0 Å². The van der Waals surface area contributed by atoms with Crippen molar-refractivity contribution < 1.29 is 4.79 Å². The Bertz CT molecular complexity index is 313. The Morgan fingerprint density at radius 1 is 1.06 bits per heavy atom. The quantitative estimate of drug-likeness (QED) is 0.357. The fourth-order valence-electron chi connectivity index (χ4n) is 1.70. The number of hydrogen-bond donors (Lipinski definition) is 0. The number of allylic oxidation sites excluding steroid dienone is 1. The van der Waals surface area contributed by atoms with Gasteiger partial charge < -0.3 is 0 Å². The lowest BCUT2D eigenvalue weighted by Gasteiger charge is -2.01. The van der Waals surface area contributed by atoms with Crippen LogP contribution in [0.5, 0.6) is 0 Å². The molecule has 16 heavy (non-hydrogen) atoms. The average molecular weight is 216 g/mol. The molecular formula is C15H20O. The van der Waals surface area contributed by atoms with E-state index in [9.17, 15) is 4.79 Å². The number of hydrogen-bond acceptors (Lipinski definition) is 1. The highest BCUT2D eigenvalue weighted by Gasteiger charge is 2.03. The first kappa shape index (κ1) is 12.7. The minimum absolute atomic E-state index is 0.268. The molecule has 0 saturated carbocycles. The first-order valence-corrected chi connectivity index (χ1v) is 6.03. The summed E-state index contributed by atoms with van der Waals surface area (Å²) in [5, 5.41) is 0. The number of carbonyl (C=O) groups excluding carboxylic acids is 1. The standard InChI is InChI=1S/C15H20O/c1-2-3-4-5-6-10-13-15(16)14-11-8-7-9-12-14/h2,7-9,11-12H,1,3-6,10,13H2. The molecule has 0 fully saturated rings. The molecule has 1 heteroatoms. The predicted molar refractivity (Wildman–Crippen MR) is 68.7 cm³/mol. The third-order valence-electron chi connectivity index (χ3n) is 2.66. The van der Waals surface area contributed by atoms with Gasteiger partial charge in [-0.3, -0.25) is 4.79 Å². The molecule has 0 aliphatic carbocycles. The molecule has 0 amide bonds. The van der Waals surface area contributed by atoms with Gasteiger partial charge in [-0.05, 0) is 19.3 Å². The van der Waals surface area contributed by atoms with Crippen LogP contribution in [0, 0.1) is 0 Å². The van der Waals surface area contributed by atoms with E-state index in [4.69, 9.17) is 0 Å². The van der Waals surface area contributed by atoms with Crippen LogP contribution in [0.4, 0.5) is 0 Å². The zero-order valence-corrected chi connectivity index (χ0v) is 9.82. The fraction of sp³-hybridized carbons (Fsp3) is 0.400. The number of Topliss-reactive ketones (excluding diaryl/α,β-unsaturated/α-hetero) is 1. The third-order valence-corrected chi connectivity index (χ3v) is 2.66. The molecule has 0 radical (unpaired) electrons. The predicted octanol–water partition coefficient (Wildman–Crippen LogP) is 4.40. The van der Waals surface area contributed by atoms with E-state index in [1.54, 1.807) is 0 Å². The lowest BCUT2D eigenvalue weighted by Crippen LogP contribution is -1.98. The van der Waals surface area contributed by atoms with E-state index >= 15 is 0 Å². The molecule has 1 aromatic carbocycles. The van der Waals surface area contributed by atoms with Crippen LogP contribution in [0.25, 0.3) is 0 Å². The van der Waals surface area contributed by atoms with Crippen molar-refractivity contribution in [1.82, 2.24) is 0 Å². The van der Waals surface area contributed by atoms with Gasteiger partial charge in [-0.2, -0.15) is 0 Å². The van der Waals surface area contributed by atoms with Crippen LogP contribution in [0.2, 0.25) is 0 Å². The van der Waals surface area contributed by atoms with Crippen molar-refractivity contribution in [3.05, 3.63) is 48.6 Å². The molecular weight excluding hydrogens is 196 g/mol. The molecule has 0 bridgehead atoms. The highest BCUT2D eigenvalue weighted by molar-refractivity contribution is 5.95. The summed E-state index contributed by atoms with van der Waals surface area (Å²) in [6.07, 6.45) is 8.27. The maximum absolute atomic E-state index is 11.7. The minimum Gasteiger partial charge on any atom is -0.294 e. The Kier molecular flexibility index (Phi) is 6.24. The summed E-state index contributed by atoms with van der Waals surface area (Å²) in [5.41, 5.74) is 0.841. The average Bonchev–Trinajstić information content (AvgIpc) is 2.34. The van der Waals surface area contributed by atoms with Crippen molar-refractivity contribution in [3.8, 4) is 0 Å². The summed E-state index contributed by atoms with van der Waals surface area (Å²) >= 11 is 0. The Balaban J connectivity index is 2.14. The third kappa shape index (κ3) is 4.92. The van der Waals surface area contributed by atoms with Crippen molar-refractivity contribution in [2.45, 2.75) is 38.5 Å². The molecule has 1 rings (SSSR count). The van der Waals surface area contributed by atoms with E-state index in [0.717, 1.165) is 24.8 Å². The van der Waals surface area contributed by atoms with Crippen LogP contribution in [-0.4, -0.2) is 5.78 Å². The monoisotopic (exact) mass is 216 g/mol. The van der Waals surface area contributed by atoms with Gasteiger partial charge in [0.25, 0.3) is 0 Å². The number of ketones is 1. The van der Waals surface area contributed by atoms with Gasteiger partial charge >= 0.3 is 0 Å². The highest BCUT2D eigenvalue weighted by Crippen LogP contribution is 2.09. The molecule has 0 aromatic heterocycles. The lowest BCUT2D eigenvalue weighted by molar-refractivity contribution is 0.0979. The molecule has 0 spiro atoms. The number of carbonyl (C=O) groups is 1. The van der Waals surface area contributed by atoms with Gasteiger partial charge in [-0.25, -0.2) is 0 Å². The molecule has 0 aliphatic heterocycles. The van der Waals surface area contributed by atoms with Crippen LogP contribution in [-0.2, 0) is 0 Å². The topological polar surface area (TPSA) is 17.1 Å². The molecule has 0 aliphatic rings. The van der Waals surface area contributed by atoms with Gasteiger partial charge in [0.1, 0.15) is 0 Å². The van der Waals surface area contributed by atoms with Gasteiger partial charge in [0.05, 0.1) is 0 Å². The maximum Gasteiger partial charge on any atom is 0.162 e. The summed E-state index contributed by atoms with van der Waals surface area (Å²) in [4.78, 5) is 11.7. The van der Waals surface area contributed by atoms with E-state index in [1.807, 2.05) is 36.4 Å². The van der Waals surface area contributed by atoms with Crippen LogP contribution in [0.1, 0.15) is 48.9 Å². The Hall–Kier alpha value is -1.37. The van der Waals surface area contributed by atoms with E-state index < -0.39 is 0 Å². The van der Waals surface area contributed by atoms with Crippen LogP contribution >= 0.6 is 0 Å². The number of benzene rings is 1. The molecule has 86 valence electrons. The summed E-state index contributed by atoms with van der Waals surface area (Å²) < 4.78 is 0. The smallest absolute Gasteiger partial charge is 0.162 e. The molecule has 0 atom stereocenters. The van der Waals surface area contributed by atoms with Gasteiger partial charge in [-0.1, -0.05) is 49.2 Å². The van der Waals surface area contributed by atoms with E-state index in [2.05, 4.69) is 6.58 Å². The van der Waals surface area contributed by atoms with Crippen molar-refractivity contribution in [2.24, 2.45) is 0 Å². The normalized spacial score (nSPS) is 10.0. The van der Waals surface area contributed by atoms with Crippen molar-refractivity contribution >= 4 is 5.78 Å². The first-order valence-electron chi connectivity index (χ1n) is 6.03. The van der Waals surface area contributed by atoms with Crippen molar-refractivity contribution in [3.63, 3.8) is 0 Å². The van der Waals surface area contributed by atoms with Crippen LogP contribution in [0.15, 0.2) is 43.0 Å². The van der Waals surface area contributed by atoms with Crippen LogP contribution < -0.4 is 0 Å². The minimum atomic E-state index is 0.268. The van der Waals surface area contributed by atoms with Gasteiger partial charge in [-0.15, -0.1) is 6.58 Å². The number of unbranched alkanes of at least 4 members (excludes halogenated alkanes) is 4. The second-order valence-corrected chi connectivity index (χ2v) is 4.03. The Morgan fingerprint density at radius 3 is 2.44 bits per heavy atom. The van der Waals surface area contributed by atoms with Gasteiger partial charge in [0, 0.05) is 12.0 Å². The SMILES string of the molecule is C=CCCCCCCC(=O)c1ccccc1. The highest BCUT2D eigenvalue weighted by atomic mass is 16.1. The Labute approximate surface area is 98.2 Å². The van der Waals surface area contributed by atoms with Gasteiger partial charge in [0.2, 0.25) is 0 Å². The Morgan fingerprint density at radius 2 is 1.75 bits per heavy atom. The largest absolute Gasteiger partial charge is 0.294 e. The second kappa shape index (κ2) is 7.86. The lowest BCUT2D eigenvalue weighted by atomic mass is 10.0. The fourth-order valence-corrected chi connectivity index (χ4v) is 1.70. The molecule has 1 nitrogen and oxygen atoms in total. The van der Waals surface area contributed by atoms with Gasteiger partial charge in [0.15, 0.2) is 5.78 Å². The van der Waals surface area contributed by atoms with E-state index in [1.165, 1.54) is 12.8 Å². The zero-order chi connectivity index (χ0) is 11.6. The summed E-state index contributed by atoms with van der Waals surface area (Å²) in [7, 11) is 0. The summed E-state index contributed by atoms with van der Waals surface area (Å²) in [6.45, 7) is 3.69. The zero-order valence-electron chi connectivity index (χ0n) is 9.82. The second-order valence-electron chi connectivity index (χ2n) is 4.03. The molecule has 1 aromatic rings. The van der Waals surface area contributed by atoms with E-state index in [-0.39, 0.29) is 5.78 Å². The molecule has 0 unspecified atom stereocenters. The van der Waals surface area contributed by atoms with E-state index in [0.29, 0.717) is 6.42 Å². The molecule has 0 saturated heterocycles. The molecule has 0 heterocycles. The van der Waals surface area contributed by atoms with Crippen molar-refractivity contribution in [2.75, 3.05) is 0 Å². The van der Waals surface area contributed by atoms with Crippen LogP contribution in [0.3, 0.4) is 0 Å². The maximum atomic E-state index is 11.7. The molecule has 0 N–H and O–H groups in total. The number of rotatable bonds is 8. The summed E-state index contributed by atoms with van der Waals surface area (Å²) in [5.74, 6) is 0.268. The first-order chi connectivity index (χ1) is 7.84.